The van der Waals surface area contributed by atoms with E-state index in [1.165, 1.54) is 19.2 Å². The average molecular weight is 350 g/mol. The second-order valence-corrected chi connectivity index (χ2v) is 7.58. The number of hydrogen-bond acceptors (Lipinski definition) is 4. The van der Waals surface area contributed by atoms with Gasteiger partial charge in [0.05, 0.1) is 5.56 Å². The lowest BCUT2D eigenvalue weighted by molar-refractivity contribution is -0.140. The highest BCUT2D eigenvalue weighted by Gasteiger charge is 2.34. The van der Waals surface area contributed by atoms with Crippen LogP contribution in [0.25, 0.3) is 0 Å². The molecule has 0 saturated heterocycles. The van der Waals surface area contributed by atoms with E-state index in [0.717, 1.165) is 0 Å². The smallest absolute Gasteiger partial charge is 0.330 e. The maximum absolute atomic E-state index is 12.4. The van der Waals surface area contributed by atoms with E-state index in [9.17, 15) is 26.4 Å². The van der Waals surface area contributed by atoms with E-state index in [2.05, 4.69) is 0 Å². The van der Waals surface area contributed by atoms with Gasteiger partial charge in [-0.1, -0.05) is 0 Å². The van der Waals surface area contributed by atoms with Crippen molar-refractivity contribution in [1.29, 1.82) is 0 Å². The summed E-state index contributed by atoms with van der Waals surface area (Å²) in [4.78, 5) is 12.6. The van der Waals surface area contributed by atoms with Crippen molar-refractivity contribution in [3.63, 3.8) is 0 Å². The zero-order valence-electron chi connectivity index (χ0n) is 10.5. The Balaban J connectivity index is 3.12. The Morgan fingerprint density at radius 3 is 2.35 bits per heavy atom. The van der Waals surface area contributed by atoms with Gasteiger partial charge in [0.15, 0.2) is 0 Å². The van der Waals surface area contributed by atoms with Crippen molar-refractivity contribution in [3.8, 4) is 0 Å². The summed E-state index contributed by atoms with van der Waals surface area (Å²) in [5.41, 5.74) is -0.0176. The van der Waals surface area contributed by atoms with Gasteiger partial charge in [-0.2, -0.15) is 13.2 Å². The van der Waals surface area contributed by atoms with Crippen LogP contribution in [0.1, 0.15) is 22.8 Å². The number of amides is 1. The lowest BCUT2D eigenvalue weighted by Crippen LogP contribution is -2.38. The van der Waals surface area contributed by atoms with Crippen molar-refractivity contribution in [2.24, 2.45) is 0 Å². The van der Waals surface area contributed by atoms with Gasteiger partial charge in [0.1, 0.15) is 10.8 Å². The molecular formula is C10H11ClF3NO3S2. The first-order valence-corrected chi connectivity index (χ1v) is 8.55. The summed E-state index contributed by atoms with van der Waals surface area (Å²) in [5, 5.41) is 1.20. The fraction of sp³-hybridized carbons (Fsp3) is 0.500. The predicted molar refractivity (Wildman–Crippen MR) is 69.7 cm³/mol. The van der Waals surface area contributed by atoms with E-state index >= 15 is 0 Å². The third-order valence-electron chi connectivity index (χ3n) is 2.48. The number of alkyl halides is 3. The van der Waals surface area contributed by atoms with Crippen molar-refractivity contribution in [3.05, 3.63) is 16.5 Å². The van der Waals surface area contributed by atoms with E-state index in [-0.39, 0.29) is 21.9 Å². The van der Waals surface area contributed by atoms with Crippen LogP contribution in [-0.4, -0.2) is 38.5 Å². The zero-order chi connectivity index (χ0) is 15.7. The summed E-state index contributed by atoms with van der Waals surface area (Å²) in [6, 6.07) is 0. The van der Waals surface area contributed by atoms with Crippen molar-refractivity contribution in [1.82, 2.24) is 4.90 Å². The average Bonchev–Trinajstić information content (AvgIpc) is 2.65. The Morgan fingerprint density at radius 2 is 2.00 bits per heavy atom. The molecular weight excluding hydrogens is 339 g/mol. The molecule has 0 radical (unpaired) electrons. The Bertz CT molecular complexity index is 610. The summed E-state index contributed by atoms with van der Waals surface area (Å²) in [6.45, 7) is 1.21. The Kier molecular flexibility index (Phi) is 5.09. The lowest BCUT2D eigenvalue weighted by Gasteiger charge is -2.22. The molecule has 0 unspecified atom stereocenters. The number of rotatable bonds is 4. The fourth-order valence-electron chi connectivity index (χ4n) is 1.56. The number of hydrogen-bond donors (Lipinski definition) is 0. The molecule has 0 aliphatic carbocycles. The largest absolute Gasteiger partial charge is 0.406 e. The van der Waals surface area contributed by atoms with Crippen LogP contribution >= 0.6 is 22.0 Å². The van der Waals surface area contributed by atoms with Gasteiger partial charge in [-0.15, -0.1) is 11.3 Å². The molecule has 4 nitrogen and oxygen atoms in total. The molecule has 1 rings (SSSR count). The fourth-order valence-corrected chi connectivity index (χ4v) is 4.11. The van der Waals surface area contributed by atoms with E-state index in [0.29, 0.717) is 16.2 Å². The molecule has 1 aromatic heterocycles. The summed E-state index contributed by atoms with van der Waals surface area (Å²) in [6.07, 6.45) is -4.52. The standard InChI is InChI=1S/C10H11ClF3NO3S2/c1-3-15(5-10(12,13)14)8(16)7-4-19-9(6(7)2)20(11,17)18/h4H,3,5H2,1-2H3. The van der Waals surface area contributed by atoms with Crippen LogP contribution in [-0.2, 0) is 9.05 Å². The highest BCUT2D eigenvalue weighted by atomic mass is 35.7. The highest BCUT2D eigenvalue weighted by Crippen LogP contribution is 2.30. The monoisotopic (exact) mass is 349 g/mol. The quantitative estimate of drug-likeness (QED) is 0.785. The molecule has 10 heteroatoms. The molecule has 0 spiro atoms. The molecule has 1 heterocycles. The number of carbonyl (C=O) groups is 1. The van der Waals surface area contributed by atoms with Gasteiger partial charge in [-0.05, 0) is 19.4 Å². The SMILES string of the molecule is CCN(CC(F)(F)F)C(=O)c1csc(S(=O)(=O)Cl)c1C. The van der Waals surface area contributed by atoms with Crippen molar-refractivity contribution >= 4 is 37.0 Å². The predicted octanol–water partition coefficient (Wildman–Crippen LogP) is 3.01. The van der Waals surface area contributed by atoms with Crippen LogP contribution in [0.2, 0.25) is 0 Å². The Morgan fingerprint density at radius 1 is 1.45 bits per heavy atom. The van der Waals surface area contributed by atoms with E-state index in [1.807, 2.05) is 0 Å². The summed E-state index contributed by atoms with van der Waals surface area (Å²) in [5.74, 6) is -0.870. The second kappa shape index (κ2) is 5.90. The van der Waals surface area contributed by atoms with Crippen LogP contribution in [0.15, 0.2) is 9.59 Å². The van der Waals surface area contributed by atoms with Crippen LogP contribution < -0.4 is 0 Å². The van der Waals surface area contributed by atoms with Gasteiger partial charge >= 0.3 is 6.18 Å². The molecule has 1 amide bonds. The first-order chi connectivity index (χ1) is 8.97. The van der Waals surface area contributed by atoms with E-state index in [1.54, 1.807) is 0 Å². The minimum atomic E-state index is -4.52. The summed E-state index contributed by atoms with van der Waals surface area (Å²) in [7, 11) is 1.16. The van der Waals surface area contributed by atoms with Gasteiger partial charge in [0.25, 0.3) is 15.0 Å². The van der Waals surface area contributed by atoms with E-state index in [4.69, 9.17) is 10.7 Å². The van der Waals surface area contributed by atoms with Crippen molar-refractivity contribution < 1.29 is 26.4 Å². The van der Waals surface area contributed by atoms with E-state index < -0.39 is 27.7 Å². The molecule has 0 fully saturated rings. The minimum Gasteiger partial charge on any atom is -0.330 e. The van der Waals surface area contributed by atoms with Crippen molar-refractivity contribution in [2.45, 2.75) is 24.2 Å². The van der Waals surface area contributed by atoms with Crippen LogP contribution in [0.3, 0.4) is 0 Å². The molecule has 0 aliphatic rings. The number of nitrogens with zero attached hydrogens (tertiary/aromatic N) is 1. The third kappa shape index (κ3) is 4.10. The Hall–Kier alpha value is -0.800. The maximum atomic E-state index is 12.4. The second-order valence-electron chi connectivity index (χ2n) is 3.93. The lowest BCUT2D eigenvalue weighted by atomic mass is 10.2. The minimum absolute atomic E-state index is 0.0654. The molecule has 0 aliphatic heterocycles. The molecule has 20 heavy (non-hydrogen) atoms. The van der Waals surface area contributed by atoms with Crippen molar-refractivity contribution in [2.75, 3.05) is 13.1 Å². The first kappa shape index (κ1) is 17.3. The van der Waals surface area contributed by atoms with Gasteiger partial charge in [-0.25, -0.2) is 8.42 Å². The third-order valence-corrected chi connectivity index (χ3v) is 5.79. The van der Waals surface area contributed by atoms with Gasteiger partial charge in [0.2, 0.25) is 0 Å². The maximum Gasteiger partial charge on any atom is 0.406 e. The molecule has 0 aromatic carbocycles. The molecule has 0 atom stereocenters. The molecule has 0 saturated carbocycles. The number of halogens is 4. The first-order valence-electron chi connectivity index (χ1n) is 5.36. The molecule has 114 valence electrons. The highest BCUT2D eigenvalue weighted by molar-refractivity contribution is 8.15. The molecule has 1 aromatic rings. The van der Waals surface area contributed by atoms with Crippen LogP contribution in [0.4, 0.5) is 13.2 Å². The molecule has 0 bridgehead atoms. The summed E-state index contributed by atoms with van der Waals surface area (Å²) >= 11 is 0.709. The number of thiophene rings is 1. The van der Waals surface area contributed by atoms with Gasteiger partial charge in [-0.3, -0.25) is 4.79 Å². The van der Waals surface area contributed by atoms with Gasteiger partial charge < -0.3 is 4.90 Å². The zero-order valence-corrected chi connectivity index (χ0v) is 12.9. The summed E-state index contributed by atoms with van der Waals surface area (Å²) < 4.78 is 59.3. The topological polar surface area (TPSA) is 54.5 Å². The normalized spacial score (nSPS) is 12.5. The van der Waals surface area contributed by atoms with Crippen LogP contribution in [0.5, 0.6) is 0 Å². The Labute approximate surface area is 122 Å². The molecule has 0 N–H and O–H groups in total. The van der Waals surface area contributed by atoms with Gasteiger partial charge in [0, 0.05) is 22.6 Å². The number of carbonyl (C=O) groups excluding carboxylic acids is 1. The van der Waals surface area contributed by atoms with Crippen LogP contribution in [0, 0.1) is 6.92 Å².